The van der Waals surface area contributed by atoms with Gasteiger partial charge in [-0.15, -0.1) is 0 Å². The molecule has 0 amide bonds. The number of rotatable bonds is 7. The van der Waals surface area contributed by atoms with E-state index in [4.69, 9.17) is 9.47 Å². The molecule has 162 valence electrons. The van der Waals surface area contributed by atoms with Crippen molar-refractivity contribution in [3.8, 4) is 11.5 Å². The lowest BCUT2D eigenvalue weighted by Gasteiger charge is -2.45. The van der Waals surface area contributed by atoms with E-state index in [9.17, 15) is 10.2 Å². The lowest BCUT2D eigenvalue weighted by Crippen LogP contribution is -2.51. The Hall–Kier alpha value is -3.60. The molecule has 4 aromatic carbocycles. The van der Waals surface area contributed by atoms with Crippen LogP contribution < -0.4 is 9.47 Å². The molecule has 0 saturated heterocycles. The molecular weight excluding hydrogens is 400 g/mol. The van der Waals surface area contributed by atoms with Crippen molar-refractivity contribution in [2.45, 2.75) is 11.2 Å². The highest BCUT2D eigenvalue weighted by Gasteiger charge is 2.54. The Morgan fingerprint density at radius 1 is 0.438 bits per heavy atom. The van der Waals surface area contributed by atoms with Gasteiger partial charge in [-0.25, -0.2) is 0 Å². The first-order valence-corrected chi connectivity index (χ1v) is 10.4. The van der Waals surface area contributed by atoms with Crippen LogP contribution in [0.25, 0.3) is 0 Å². The molecule has 0 fully saturated rings. The number of benzene rings is 4. The maximum Gasteiger partial charge on any atom is 0.152 e. The summed E-state index contributed by atoms with van der Waals surface area (Å²) in [5.41, 5.74) is -1.43. The fourth-order valence-corrected chi connectivity index (χ4v) is 4.19. The van der Waals surface area contributed by atoms with Crippen LogP contribution in [0.2, 0.25) is 0 Å². The average Bonchev–Trinajstić information content (AvgIpc) is 2.88. The number of ether oxygens (including phenoxy) is 2. The summed E-state index contributed by atoms with van der Waals surface area (Å²) in [4.78, 5) is 0. The van der Waals surface area contributed by atoms with Crippen LogP contribution in [0.15, 0.2) is 109 Å². The van der Waals surface area contributed by atoms with E-state index in [2.05, 4.69) is 0 Å². The van der Waals surface area contributed by atoms with Crippen molar-refractivity contribution in [1.29, 1.82) is 0 Å². The first-order chi connectivity index (χ1) is 15.5. The Morgan fingerprint density at radius 2 is 0.719 bits per heavy atom. The molecule has 0 aromatic heterocycles. The van der Waals surface area contributed by atoms with Crippen molar-refractivity contribution < 1.29 is 19.7 Å². The van der Waals surface area contributed by atoms with E-state index >= 15 is 0 Å². The molecule has 32 heavy (non-hydrogen) atoms. The molecule has 2 unspecified atom stereocenters. The maximum atomic E-state index is 12.5. The number of hydrogen-bond donors (Lipinski definition) is 2. The van der Waals surface area contributed by atoms with Crippen molar-refractivity contribution in [2.75, 3.05) is 14.2 Å². The van der Waals surface area contributed by atoms with E-state index in [-0.39, 0.29) is 0 Å². The van der Waals surface area contributed by atoms with Gasteiger partial charge in [-0.3, -0.25) is 0 Å². The van der Waals surface area contributed by atoms with Crippen LogP contribution in [0.5, 0.6) is 11.5 Å². The van der Waals surface area contributed by atoms with Crippen LogP contribution in [0, 0.1) is 0 Å². The minimum Gasteiger partial charge on any atom is -0.497 e. The van der Waals surface area contributed by atoms with Gasteiger partial charge in [-0.2, -0.15) is 0 Å². The highest BCUT2D eigenvalue weighted by atomic mass is 16.5. The zero-order valence-corrected chi connectivity index (χ0v) is 18.1. The molecule has 0 spiro atoms. The van der Waals surface area contributed by atoms with Crippen molar-refractivity contribution in [3.63, 3.8) is 0 Å². The zero-order chi connectivity index (χ0) is 22.6. The van der Waals surface area contributed by atoms with Crippen molar-refractivity contribution in [2.24, 2.45) is 0 Å². The third-order valence-electron chi connectivity index (χ3n) is 5.92. The summed E-state index contributed by atoms with van der Waals surface area (Å²) in [5.74, 6) is 1.33. The fourth-order valence-electron chi connectivity index (χ4n) is 4.19. The second-order valence-electron chi connectivity index (χ2n) is 7.61. The van der Waals surface area contributed by atoms with Gasteiger partial charge in [-0.05, 0) is 46.5 Å². The lowest BCUT2D eigenvalue weighted by molar-refractivity contribution is -0.113. The van der Waals surface area contributed by atoms with Crippen LogP contribution in [0.4, 0.5) is 0 Å². The Morgan fingerprint density at radius 3 is 1.00 bits per heavy atom. The van der Waals surface area contributed by atoms with Crippen LogP contribution in [0.1, 0.15) is 22.3 Å². The second kappa shape index (κ2) is 8.87. The van der Waals surface area contributed by atoms with E-state index in [0.717, 1.165) is 0 Å². The van der Waals surface area contributed by atoms with E-state index in [1.807, 2.05) is 60.7 Å². The number of hydrogen-bond acceptors (Lipinski definition) is 4. The number of aliphatic hydroxyl groups is 2. The van der Waals surface area contributed by atoms with Gasteiger partial charge in [0.2, 0.25) is 0 Å². The third kappa shape index (κ3) is 3.54. The van der Waals surface area contributed by atoms with Gasteiger partial charge in [-0.1, -0.05) is 84.9 Å². The summed E-state index contributed by atoms with van der Waals surface area (Å²) in [6, 6.07) is 32.7. The molecule has 0 aliphatic heterocycles. The predicted octanol–water partition coefficient (Wildman–Crippen LogP) is 4.88. The highest BCUT2D eigenvalue weighted by molar-refractivity contribution is 5.51. The van der Waals surface area contributed by atoms with Crippen molar-refractivity contribution in [1.82, 2.24) is 0 Å². The normalized spacial score (nSPS) is 14.8. The molecule has 0 saturated carbocycles. The summed E-state index contributed by atoms with van der Waals surface area (Å²) in [6.07, 6.45) is 0. The van der Waals surface area contributed by atoms with Gasteiger partial charge in [0, 0.05) is 0 Å². The molecule has 4 heteroatoms. The van der Waals surface area contributed by atoms with Gasteiger partial charge >= 0.3 is 0 Å². The summed E-state index contributed by atoms with van der Waals surface area (Å²) in [7, 11) is 3.19. The second-order valence-corrected chi connectivity index (χ2v) is 7.61. The molecule has 2 N–H and O–H groups in total. The van der Waals surface area contributed by atoms with Gasteiger partial charge in [0.1, 0.15) is 11.5 Å². The monoisotopic (exact) mass is 426 g/mol. The van der Waals surface area contributed by atoms with E-state index in [1.165, 1.54) is 0 Å². The van der Waals surface area contributed by atoms with E-state index in [0.29, 0.717) is 33.8 Å². The quantitative estimate of drug-likeness (QED) is 0.442. The Balaban J connectivity index is 2.05. The van der Waals surface area contributed by atoms with E-state index in [1.54, 1.807) is 62.8 Å². The lowest BCUT2D eigenvalue weighted by atomic mass is 9.66. The van der Waals surface area contributed by atoms with Crippen molar-refractivity contribution >= 4 is 0 Å². The molecule has 0 bridgehead atoms. The summed E-state index contributed by atoms with van der Waals surface area (Å²) in [5, 5.41) is 25.1. The van der Waals surface area contributed by atoms with Gasteiger partial charge in [0.25, 0.3) is 0 Å². The minimum atomic E-state index is -1.81. The molecule has 4 rings (SSSR count). The molecule has 0 heterocycles. The van der Waals surface area contributed by atoms with Crippen LogP contribution in [0.3, 0.4) is 0 Å². The van der Waals surface area contributed by atoms with Crippen LogP contribution in [-0.4, -0.2) is 24.4 Å². The summed E-state index contributed by atoms with van der Waals surface area (Å²) in [6.45, 7) is 0. The fraction of sp³-hybridized carbons (Fsp3) is 0.143. The van der Waals surface area contributed by atoms with Crippen LogP contribution >= 0.6 is 0 Å². The minimum absolute atomic E-state index is 0.534. The Bertz CT molecular complexity index is 1050. The summed E-state index contributed by atoms with van der Waals surface area (Å²) >= 11 is 0. The van der Waals surface area contributed by atoms with Gasteiger partial charge in [0.05, 0.1) is 14.2 Å². The van der Waals surface area contributed by atoms with E-state index < -0.39 is 11.2 Å². The number of methoxy groups -OCH3 is 2. The SMILES string of the molecule is COc1ccc(C(O)(c2ccccc2)C(O)(c2ccccc2)c2ccc(OC)cc2)cc1. The maximum absolute atomic E-state index is 12.5. The van der Waals surface area contributed by atoms with Crippen LogP contribution in [-0.2, 0) is 11.2 Å². The molecular formula is C28H26O4. The Kier molecular flexibility index (Phi) is 5.99. The summed E-state index contributed by atoms with van der Waals surface area (Å²) < 4.78 is 10.6. The highest BCUT2D eigenvalue weighted by Crippen LogP contribution is 2.50. The topological polar surface area (TPSA) is 58.9 Å². The van der Waals surface area contributed by atoms with Gasteiger partial charge in [0.15, 0.2) is 11.2 Å². The molecule has 4 nitrogen and oxygen atoms in total. The first-order valence-electron chi connectivity index (χ1n) is 10.4. The van der Waals surface area contributed by atoms with Gasteiger partial charge < -0.3 is 19.7 Å². The standard InChI is InChI=1S/C28H26O4/c1-31-25-17-13-23(14-18-25)27(29,21-9-5-3-6-10-21)28(30,22-11-7-4-8-12-22)24-15-19-26(32-2)20-16-24/h3-20,29-30H,1-2H3. The molecule has 0 aliphatic rings. The van der Waals surface area contributed by atoms with Crippen molar-refractivity contribution in [3.05, 3.63) is 131 Å². The largest absolute Gasteiger partial charge is 0.497 e. The molecule has 2 atom stereocenters. The smallest absolute Gasteiger partial charge is 0.152 e. The Labute approximate surface area is 188 Å². The average molecular weight is 427 g/mol. The third-order valence-corrected chi connectivity index (χ3v) is 5.92. The zero-order valence-electron chi connectivity index (χ0n) is 18.1. The molecule has 0 aliphatic carbocycles. The predicted molar refractivity (Wildman–Crippen MR) is 125 cm³/mol. The molecule has 4 aromatic rings. The first kappa shape index (κ1) is 21.6. The molecule has 0 radical (unpaired) electrons.